The highest BCUT2D eigenvalue weighted by atomic mass is 35.5. The Bertz CT molecular complexity index is 794. The number of carbonyl (C=O) groups is 1. The molecule has 0 aliphatic carbocycles. The Labute approximate surface area is 149 Å². The van der Waals surface area contributed by atoms with Crippen LogP contribution in [0.25, 0.3) is 0 Å². The SMILES string of the molecule is COc1cc(Cl)cc([C@H]2OCC(=O)Nc3ccc(Cl)cc32)c1OC. The molecule has 5 nitrogen and oxygen atoms in total. The summed E-state index contributed by atoms with van der Waals surface area (Å²) in [5, 5.41) is 3.81. The van der Waals surface area contributed by atoms with Gasteiger partial charge in [-0.1, -0.05) is 23.2 Å². The maximum absolute atomic E-state index is 11.9. The number of carbonyl (C=O) groups excluding carboxylic acids is 1. The Balaban J connectivity index is 2.21. The lowest BCUT2D eigenvalue weighted by Gasteiger charge is -2.22. The van der Waals surface area contributed by atoms with Gasteiger partial charge in [-0.3, -0.25) is 4.79 Å². The second-order valence-corrected chi connectivity index (χ2v) is 6.07. The highest BCUT2D eigenvalue weighted by Gasteiger charge is 2.28. The zero-order valence-electron chi connectivity index (χ0n) is 13.1. The fraction of sp³-hybridized carbons (Fsp3) is 0.235. The molecule has 0 saturated carbocycles. The number of nitrogens with one attached hydrogen (secondary N) is 1. The molecule has 126 valence electrons. The minimum Gasteiger partial charge on any atom is -0.493 e. The average Bonchev–Trinajstić information content (AvgIpc) is 2.72. The molecule has 0 unspecified atom stereocenters. The second-order valence-electron chi connectivity index (χ2n) is 5.20. The minimum atomic E-state index is -0.583. The summed E-state index contributed by atoms with van der Waals surface area (Å²) in [5.74, 6) is 0.733. The molecule has 1 atom stereocenters. The van der Waals surface area contributed by atoms with Gasteiger partial charge >= 0.3 is 0 Å². The van der Waals surface area contributed by atoms with E-state index in [1.807, 2.05) is 0 Å². The molecule has 2 aromatic carbocycles. The molecule has 1 aliphatic heterocycles. The molecule has 0 spiro atoms. The molecule has 1 amide bonds. The van der Waals surface area contributed by atoms with E-state index >= 15 is 0 Å². The lowest BCUT2D eigenvalue weighted by atomic mass is 9.98. The van der Waals surface area contributed by atoms with Crippen LogP contribution in [0.5, 0.6) is 11.5 Å². The van der Waals surface area contributed by atoms with Gasteiger partial charge in [-0.25, -0.2) is 0 Å². The van der Waals surface area contributed by atoms with Gasteiger partial charge in [0.2, 0.25) is 5.91 Å². The number of benzene rings is 2. The first-order valence-corrected chi connectivity index (χ1v) is 7.91. The summed E-state index contributed by atoms with van der Waals surface area (Å²) < 4.78 is 16.6. The van der Waals surface area contributed by atoms with Crippen LogP contribution in [-0.2, 0) is 9.53 Å². The number of hydrogen-bond acceptors (Lipinski definition) is 4. The molecule has 0 fully saturated rings. The fourth-order valence-corrected chi connectivity index (χ4v) is 3.11. The summed E-state index contributed by atoms with van der Waals surface area (Å²) in [6, 6.07) is 8.58. The smallest absolute Gasteiger partial charge is 0.250 e. The molecule has 7 heteroatoms. The van der Waals surface area contributed by atoms with Gasteiger partial charge in [0, 0.05) is 32.9 Å². The molecule has 1 N–H and O–H groups in total. The molecule has 0 aromatic heterocycles. The van der Waals surface area contributed by atoms with E-state index in [0.717, 1.165) is 5.56 Å². The van der Waals surface area contributed by atoms with Gasteiger partial charge in [-0.2, -0.15) is 0 Å². The van der Waals surface area contributed by atoms with Crippen LogP contribution < -0.4 is 14.8 Å². The van der Waals surface area contributed by atoms with Crippen LogP contribution in [0.3, 0.4) is 0 Å². The quantitative estimate of drug-likeness (QED) is 0.888. The third kappa shape index (κ3) is 3.15. The Kier molecular flexibility index (Phi) is 4.85. The zero-order valence-corrected chi connectivity index (χ0v) is 14.6. The monoisotopic (exact) mass is 367 g/mol. The van der Waals surface area contributed by atoms with Crippen molar-refractivity contribution in [2.24, 2.45) is 0 Å². The summed E-state index contributed by atoms with van der Waals surface area (Å²) in [7, 11) is 3.07. The molecule has 0 bridgehead atoms. The van der Waals surface area contributed by atoms with Crippen molar-refractivity contribution in [3.05, 3.63) is 51.5 Å². The Morgan fingerprint density at radius 3 is 2.54 bits per heavy atom. The van der Waals surface area contributed by atoms with E-state index in [9.17, 15) is 4.79 Å². The Hall–Kier alpha value is -1.95. The highest BCUT2D eigenvalue weighted by Crippen LogP contribution is 2.44. The summed E-state index contributed by atoms with van der Waals surface area (Å²) in [5.41, 5.74) is 2.01. The van der Waals surface area contributed by atoms with Gasteiger partial charge in [-0.15, -0.1) is 0 Å². The molecular weight excluding hydrogens is 353 g/mol. The molecule has 1 aliphatic rings. The van der Waals surface area contributed by atoms with Crippen LogP contribution in [0.2, 0.25) is 10.0 Å². The lowest BCUT2D eigenvalue weighted by Crippen LogP contribution is -2.15. The Morgan fingerprint density at radius 2 is 1.83 bits per heavy atom. The van der Waals surface area contributed by atoms with Crippen LogP contribution in [0.1, 0.15) is 17.2 Å². The van der Waals surface area contributed by atoms with E-state index in [4.69, 9.17) is 37.4 Å². The van der Waals surface area contributed by atoms with Crippen molar-refractivity contribution in [1.29, 1.82) is 0 Å². The maximum atomic E-state index is 11.9. The number of anilines is 1. The van der Waals surface area contributed by atoms with Crippen molar-refractivity contribution in [2.75, 3.05) is 26.1 Å². The molecular formula is C17H15Cl2NO4. The van der Waals surface area contributed by atoms with Gasteiger partial charge in [0.15, 0.2) is 11.5 Å². The van der Waals surface area contributed by atoms with E-state index in [1.54, 1.807) is 30.3 Å². The van der Waals surface area contributed by atoms with E-state index in [1.165, 1.54) is 14.2 Å². The first-order chi connectivity index (χ1) is 11.5. The van der Waals surface area contributed by atoms with Crippen LogP contribution in [0, 0.1) is 0 Å². The summed E-state index contributed by atoms with van der Waals surface area (Å²) in [6.45, 7) is -0.102. The maximum Gasteiger partial charge on any atom is 0.250 e. The van der Waals surface area contributed by atoms with Crippen molar-refractivity contribution in [3.63, 3.8) is 0 Å². The highest BCUT2D eigenvalue weighted by molar-refractivity contribution is 6.31. The second kappa shape index (κ2) is 6.89. The van der Waals surface area contributed by atoms with Gasteiger partial charge in [0.1, 0.15) is 12.7 Å². The largest absolute Gasteiger partial charge is 0.493 e. The topological polar surface area (TPSA) is 56.8 Å². The average molecular weight is 368 g/mol. The molecule has 0 saturated heterocycles. The van der Waals surface area contributed by atoms with Crippen molar-refractivity contribution in [1.82, 2.24) is 0 Å². The molecule has 1 heterocycles. The minimum absolute atomic E-state index is 0.102. The summed E-state index contributed by atoms with van der Waals surface area (Å²) in [6.07, 6.45) is -0.583. The number of ether oxygens (including phenoxy) is 3. The lowest BCUT2D eigenvalue weighted by molar-refractivity contribution is -0.121. The van der Waals surface area contributed by atoms with Crippen molar-refractivity contribution in [2.45, 2.75) is 6.10 Å². The third-order valence-electron chi connectivity index (χ3n) is 3.71. The number of methoxy groups -OCH3 is 2. The van der Waals surface area contributed by atoms with Crippen LogP contribution >= 0.6 is 23.2 Å². The number of fused-ring (bicyclic) bond motifs is 1. The third-order valence-corrected chi connectivity index (χ3v) is 4.16. The zero-order chi connectivity index (χ0) is 17.3. The Morgan fingerprint density at radius 1 is 1.08 bits per heavy atom. The van der Waals surface area contributed by atoms with E-state index < -0.39 is 6.10 Å². The predicted molar refractivity (Wildman–Crippen MR) is 92.4 cm³/mol. The number of halogens is 2. The fourth-order valence-electron chi connectivity index (χ4n) is 2.71. The van der Waals surface area contributed by atoms with Crippen LogP contribution in [0.4, 0.5) is 5.69 Å². The van der Waals surface area contributed by atoms with Gasteiger partial charge in [0.25, 0.3) is 0 Å². The molecule has 0 radical (unpaired) electrons. The van der Waals surface area contributed by atoms with E-state index in [-0.39, 0.29) is 12.5 Å². The molecule has 3 rings (SSSR count). The van der Waals surface area contributed by atoms with Gasteiger partial charge in [-0.05, 0) is 24.3 Å². The van der Waals surface area contributed by atoms with Crippen LogP contribution in [0.15, 0.2) is 30.3 Å². The number of amides is 1. The van der Waals surface area contributed by atoms with Crippen LogP contribution in [-0.4, -0.2) is 26.7 Å². The van der Waals surface area contributed by atoms with E-state index in [2.05, 4.69) is 5.32 Å². The molecule has 2 aromatic rings. The number of hydrogen-bond donors (Lipinski definition) is 1. The van der Waals surface area contributed by atoms with Gasteiger partial charge < -0.3 is 19.5 Å². The predicted octanol–water partition coefficient (Wildman–Crippen LogP) is 4.07. The van der Waals surface area contributed by atoms with Crippen molar-refractivity contribution < 1.29 is 19.0 Å². The first kappa shape index (κ1) is 16.9. The van der Waals surface area contributed by atoms with Gasteiger partial charge in [0.05, 0.1) is 14.2 Å². The standard InChI is InChI=1S/C17H15Cl2NO4/c1-22-14-7-10(19)6-12(17(14)23-2)16-11-5-9(18)3-4-13(11)20-15(21)8-24-16/h3-7,16H,8H2,1-2H3,(H,20,21)/t16-/m0/s1. The molecule has 24 heavy (non-hydrogen) atoms. The number of rotatable bonds is 3. The normalized spacial score (nSPS) is 16.8. The van der Waals surface area contributed by atoms with Crippen molar-refractivity contribution >= 4 is 34.8 Å². The first-order valence-electron chi connectivity index (χ1n) is 7.15. The van der Waals surface area contributed by atoms with E-state index in [0.29, 0.717) is 32.8 Å². The summed E-state index contributed by atoms with van der Waals surface area (Å²) in [4.78, 5) is 11.9. The van der Waals surface area contributed by atoms with Crippen molar-refractivity contribution in [3.8, 4) is 11.5 Å². The summed E-state index contributed by atoms with van der Waals surface area (Å²) >= 11 is 12.3.